The van der Waals surface area contributed by atoms with Crippen LogP contribution in [0.5, 0.6) is 0 Å². The molecule has 0 saturated carbocycles. The van der Waals surface area contributed by atoms with Gasteiger partial charge in [0.25, 0.3) is 0 Å². The number of amides is 2. The van der Waals surface area contributed by atoms with E-state index in [-0.39, 0.29) is 34.1 Å². The Labute approximate surface area is 327 Å². The van der Waals surface area contributed by atoms with Crippen LogP contribution >= 0.6 is 43.2 Å². The molecule has 0 aromatic heterocycles. The Bertz CT molecular complexity index is 1610. The molecule has 296 valence electrons. The minimum absolute atomic E-state index is 0.0162. The maximum Gasteiger partial charge on any atom is 0.329 e. The molecular formula is C32H41N5O12S5. The Morgan fingerprint density at radius 1 is 0.667 bits per heavy atom. The van der Waals surface area contributed by atoms with Gasteiger partial charge in [0.2, 0.25) is 11.8 Å². The van der Waals surface area contributed by atoms with Crippen LogP contribution in [0.25, 0.3) is 0 Å². The van der Waals surface area contributed by atoms with Gasteiger partial charge < -0.3 is 41.8 Å². The highest BCUT2D eigenvalue weighted by Crippen LogP contribution is 2.43. The predicted molar refractivity (Wildman–Crippen MR) is 207 cm³/mol. The zero-order valence-electron chi connectivity index (χ0n) is 28.9. The normalized spacial score (nSPS) is 21.3. The summed E-state index contributed by atoms with van der Waals surface area (Å²) in [5, 5.41) is 22.9. The minimum Gasteiger partial charge on any atom is -0.480 e. The Kier molecular flexibility index (Phi) is 17.9. The van der Waals surface area contributed by atoms with Crippen LogP contribution in [0.2, 0.25) is 0 Å². The molecular weight excluding hydrogens is 807 g/mol. The van der Waals surface area contributed by atoms with E-state index >= 15 is 0 Å². The number of aliphatic carboxylic acids is 2. The molecule has 0 spiro atoms. The summed E-state index contributed by atoms with van der Waals surface area (Å²) >= 11 is 0. The number of ether oxygens (including phenoxy) is 2. The van der Waals surface area contributed by atoms with Crippen LogP contribution in [0.1, 0.15) is 21.6 Å². The van der Waals surface area contributed by atoms with Gasteiger partial charge in [-0.15, -0.1) is 0 Å². The molecule has 2 amide bonds. The molecule has 3 rings (SSSR count). The Hall–Kier alpha value is -3.51. The Balaban J connectivity index is 2.01. The lowest BCUT2D eigenvalue weighted by Crippen LogP contribution is -2.66. The molecule has 17 nitrogen and oxygen atoms in total. The molecule has 1 heterocycles. The van der Waals surface area contributed by atoms with Gasteiger partial charge in [0.05, 0.1) is 14.2 Å². The first-order valence-electron chi connectivity index (χ1n) is 15.9. The number of methoxy groups -OCH3 is 2. The van der Waals surface area contributed by atoms with Crippen molar-refractivity contribution in [1.82, 2.24) is 16.0 Å². The SMILES string of the molecule is COC(=O)C(CSSCC(N)C(=O)O)NC(=O)C1NC(C(=O)NC(CSSCC(N)C(=O)O)C(=O)OC)C(c2ccccc2)S(=O)(=O)C1c1ccccc1. The maximum absolute atomic E-state index is 14.8. The van der Waals surface area contributed by atoms with Gasteiger partial charge in [-0.2, -0.15) is 0 Å². The lowest BCUT2D eigenvalue weighted by molar-refractivity contribution is -0.145. The highest BCUT2D eigenvalue weighted by molar-refractivity contribution is 8.77. The average molecular weight is 848 g/mol. The van der Waals surface area contributed by atoms with E-state index in [4.69, 9.17) is 31.2 Å². The van der Waals surface area contributed by atoms with Crippen molar-refractivity contribution in [2.75, 3.05) is 37.2 Å². The Morgan fingerprint density at radius 3 is 1.31 bits per heavy atom. The third-order valence-electron chi connectivity index (χ3n) is 7.86. The number of hydrogen-bond acceptors (Lipinski definition) is 17. The van der Waals surface area contributed by atoms with Gasteiger partial charge in [0, 0.05) is 23.0 Å². The number of nitrogens with one attached hydrogen (secondary N) is 3. The molecule has 22 heteroatoms. The zero-order valence-corrected chi connectivity index (χ0v) is 33.0. The summed E-state index contributed by atoms with van der Waals surface area (Å²) in [6.07, 6.45) is 0. The van der Waals surface area contributed by atoms with Crippen molar-refractivity contribution in [2.24, 2.45) is 11.5 Å². The summed E-state index contributed by atoms with van der Waals surface area (Å²) in [5.41, 5.74) is 11.5. The van der Waals surface area contributed by atoms with Crippen molar-refractivity contribution in [3.63, 3.8) is 0 Å². The summed E-state index contributed by atoms with van der Waals surface area (Å²) in [6.45, 7) is 0. The Morgan fingerprint density at radius 2 is 1.00 bits per heavy atom. The van der Waals surface area contributed by atoms with Gasteiger partial charge in [0.15, 0.2) is 9.84 Å². The lowest BCUT2D eigenvalue weighted by atomic mass is 9.98. The van der Waals surface area contributed by atoms with Crippen molar-refractivity contribution >= 4 is 88.7 Å². The first-order valence-corrected chi connectivity index (χ1v) is 22.5. The molecule has 0 radical (unpaired) electrons. The fourth-order valence-corrected chi connectivity index (χ4v) is 12.2. The van der Waals surface area contributed by atoms with E-state index < -0.39 is 92.3 Å². The van der Waals surface area contributed by atoms with E-state index in [1.807, 2.05) is 0 Å². The summed E-state index contributed by atoms with van der Waals surface area (Å²) < 4.78 is 39.4. The molecule has 0 bridgehead atoms. The third kappa shape index (κ3) is 12.2. The summed E-state index contributed by atoms with van der Waals surface area (Å²) in [5.74, 6) is -6.38. The number of benzene rings is 2. The van der Waals surface area contributed by atoms with Crippen molar-refractivity contribution in [1.29, 1.82) is 0 Å². The van der Waals surface area contributed by atoms with Gasteiger partial charge in [0.1, 0.15) is 46.8 Å². The van der Waals surface area contributed by atoms with E-state index in [0.29, 0.717) is 0 Å². The highest BCUT2D eigenvalue weighted by atomic mass is 33.1. The molecule has 1 aliphatic rings. The number of carbonyl (C=O) groups excluding carboxylic acids is 4. The second-order valence-corrected chi connectivity index (χ2v) is 18.9. The molecule has 1 saturated heterocycles. The summed E-state index contributed by atoms with van der Waals surface area (Å²) in [7, 11) is 1.80. The smallest absolute Gasteiger partial charge is 0.329 e. The van der Waals surface area contributed by atoms with Crippen molar-refractivity contribution in [3.8, 4) is 0 Å². The molecule has 1 fully saturated rings. The van der Waals surface area contributed by atoms with Gasteiger partial charge >= 0.3 is 23.9 Å². The standard InChI is InChI=1S/C32H41N5O12S5/c1-48-31(44)21(15-52-50-13-19(33)29(40)41)35-27(38)23-25(17-9-5-3-6-10-17)54(46,47)26(18-11-7-4-8-12-18)24(37-23)28(39)36-22(32(45)49-2)16-53-51-14-20(34)30(42)43/h3-12,19-26,37H,13-16,33-34H2,1-2H3,(H,35,38)(H,36,39)(H,40,41)(H,42,43). The predicted octanol–water partition coefficient (Wildman–Crippen LogP) is 0.126. The number of carboxylic acid groups (broad SMARTS) is 2. The molecule has 2 aromatic rings. The molecule has 2 aromatic carbocycles. The number of nitrogens with two attached hydrogens (primary N) is 2. The van der Waals surface area contributed by atoms with E-state index in [2.05, 4.69) is 16.0 Å². The van der Waals surface area contributed by atoms with Crippen molar-refractivity contribution in [3.05, 3.63) is 71.8 Å². The van der Waals surface area contributed by atoms with E-state index in [1.165, 1.54) is 24.3 Å². The largest absolute Gasteiger partial charge is 0.480 e. The number of carbonyl (C=O) groups is 6. The van der Waals surface area contributed by atoms with E-state index in [9.17, 15) is 37.2 Å². The average Bonchev–Trinajstić information content (AvgIpc) is 3.15. The first kappa shape index (κ1) is 44.9. The second-order valence-electron chi connectivity index (χ2n) is 11.6. The number of rotatable bonds is 20. The number of carboxylic acids is 2. The molecule has 0 aliphatic carbocycles. The molecule has 8 unspecified atom stereocenters. The fraction of sp³-hybridized carbons (Fsp3) is 0.438. The number of esters is 2. The van der Waals surface area contributed by atoms with Crippen LogP contribution in [-0.4, -0.2) is 128 Å². The summed E-state index contributed by atoms with van der Waals surface area (Å²) in [4.78, 5) is 76.1. The van der Waals surface area contributed by atoms with Crippen molar-refractivity contribution in [2.45, 2.75) is 46.8 Å². The van der Waals surface area contributed by atoms with Crippen LogP contribution in [0.15, 0.2) is 60.7 Å². The topological polar surface area (TPSA) is 284 Å². The van der Waals surface area contributed by atoms with Gasteiger partial charge in [-0.3, -0.25) is 24.5 Å². The molecule has 8 atom stereocenters. The quantitative estimate of drug-likeness (QED) is 0.0529. The van der Waals surface area contributed by atoms with Crippen LogP contribution in [-0.2, 0) is 48.1 Å². The van der Waals surface area contributed by atoms with Gasteiger partial charge in [-0.25, -0.2) is 18.0 Å². The lowest BCUT2D eigenvalue weighted by Gasteiger charge is -2.41. The van der Waals surface area contributed by atoms with Crippen LogP contribution < -0.4 is 27.4 Å². The number of sulfone groups is 1. The van der Waals surface area contributed by atoms with Gasteiger partial charge in [-0.1, -0.05) is 104 Å². The monoisotopic (exact) mass is 847 g/mol. The van der Waals surface area contributed by atoms with Crippen molar-refractivity contribution < 1.29 is 56.9 Å². The minimum atomic E-state index is -4.53. The van der Waals surface area contributed by atoms with E-state index in [0.717, 1.165) is 57.4 Å². The highest BCUT2D eigenvalue weighted by Gasteiger charge is 2.55. The zero-order chi connectivity index (χ0) is 40.0. The third-order valence-corrected chi connectivity index (χ3v) is 15.3. The second kappa shape index (κ2) is 21.5. The molecule has 1 aliphatic heterocycles. The number of hydrogen-bond donors (Lipinski definition) is 7. The van der Waals surface area contributed by atoms with E-state index in [1.54, 1.807) is 36.4 Å². The molecule has 9 N–H and O–H groups in total. The summed E-state index contributed by atoms with van der Waals surface area (Å²) in [6, 6.07) is 7.37. The fourth-order valence-electron chi connectivity index (χ4n) is 5.14. The first-order chi connectivity index (χ1) is 25.6. The molecule has 54 heavy (non-hydrogen) atoms. The van der Waals surface area contributed by atoms with Crippen LogP contribution in [0, 0.1) is 0 Å². The maximum atomic E-state index is 14.8. The van der Waals surface area contributed by atoms with Crippen LogP contribution in [0.3, 0.4) is 0 Å². The van der Waals surface area contributed by atoms with Crippen LogP contribution in [0.4, 0.5) is 0 Å². The van der Waals surface area contributed by atoms with Gasteiger partial charge in [-0.05, 0) is 11.1 Å².